The van der Waals surface area contributed by atoms with Crippen molar-refractivity contribution in [3.63, 3.8) is 0 Å². The number of nitrogens with two attached hydrogens (primary N) is 2. The van der Waals surface area contributed by atoms with Crippen LogP contribution < -0.4 is 11.5 Å². The van der Waals surface area contributed by atoms with Crippen molar-refractivity contribution < 1.29 is 4.79 Å². The number of amides is 1. The van der Waals surface area contributed by atoms with Crippen LogP contribution in [0.2, 0.25) is 0 Å². The molecule has 0 atom stereocenters. The van der Waals surface area contributed by atoms with E-state index < -0.39 is 0 Å². The monoisotopic (exact) mass is 193 g/mol. The van der Waals surface area contributed by atoms with Gasteiger partial charge in [0.2, 0.25) is 5.91 Å². The lowest BCUT2D eigenvalue weighted by atomic mass is 10.5. The van der Waals surface area contributed by atoms with Crippen LogP contribution in [0.1, 0.15) is 6.42 Å². The molecule has 0 saturated carbocycles. The largest absolute Gasteiger partial charge is 0.370 e. The number of halogens is 1. The van der Waals surface area contributed by atoms with Crippen molar-refractivity contribution in [2.24, 2.45) is 16.5 Å². The lowest BCUT2D eigenvalue weighted by Crippen LogP contribution is -2.24. The average molecular weight is 194 g/mol. The first-order valence-corrected chi connectivity index (χ1v) is 3.47. The molecule has 0 aliphatic heterocycles. The van der Waals surface area contributed by atoms with Gasteiger partial charge in [0.05, 0.1) is 0 Å². The summed E-state index contributed by atoms with van der Waals surface area (Å²) in [5.74, 6) is -0.479. The second kappa shape index (κ2) is 4.31. The Morgan fingerprint density at radius 3 is 2.44 bits per heavy atom. The highest BCUT2D eigenvalue weighted by molar-refractivity contribution is 9.09. The van der Waals surface area contributed by atoms with Crippen LogP contribution in [0.5, 0.6) is 0 Å². The van der Waals surface area contributed by atoms with Crippen molar-refractivity contribution in [2.75, 3.05) is 5.33 Å². The highest BCUT2D eigenvalue weighted by Crippen LogP contribution is 1.89. The smallest absolute Gasteiger partial charge is 0.249 e. The van der Waals surface area contributed by atoms with Crippen molar-refractivity contribution in [2.45, 2.75) is 6.42 Å². The summed E-state index contributed by atoms with van der Waals surface area (Å²) >= 11 is 3.07. The number of alkyl halides is 1. The van der Waals surface area contributed by atoms with Crippen LogP contribution in [-0.4, -0.2) is 17.2 Å². The third kappa shape index (κ3) is 5.29. The lowest BCUT2D eigenvalue weighted by Gasteiger charge is -1.88. The first-order valence-electron chi connectivity index (χ1n) is 2.35. The number of carbonyl (C=O) groups excluding carboxylic acids is 1. The fourth-order valence-corrected chi connectivity index (χ4v) is 0.620. The van der Waals surface area contributed by atoms with Crippen molar-refractivity contribution in [1.29, 1.82) is 0 Å². The number of rotatable bonds is 2. The van der Waals surface area contributed by atoms with Gasteiger partial charge < -0.3 is 11.5 Å². The molecule has 0 heterocycles. The highest BCUT2D eigenvalue weighted by atomic mass is 79.9. The summed E-state index contributed by atoms with van der Waals surface area (Å²) in [6, 6.07) is 0. The predicted octanol–water partition coefficient (Wildman–Crippen LogP) is -0.429. The van der Waals surface area contributed by atoms with Crippen LogP contribution >= 0.6 is 15.9 Å². The molecule has 5 heteroatoms. The molecule has 0 unspecified atom stereocenters. The number of guanidine groups is 1. The van der Waals surface area contributed by atoms with Gasteiger partial charge in [0.1, 0.15) is 0 Å². The molecular weight excluding hydrogens is 186 g/mol. The summed E-state index contributed by atoms with van der Waals surface area (Å²) < 4.78 is 0. The molecule has 9 heavy (non-hydrogen) atoms. The van der Waals surface area contributed by atoms with E-state index in [9.17, 15) is 4.79 Å². The summed E-state index contributed by atoms with van der Waals surface area (Å²) in [6.45, 7) is 0. The van der Waals surface area contributed by atoms with Crippen molar-refractivity contribution >= 4 is 27.8 Å². The predicted molar refractivity (Wildman–Crippen MR) is 39.2 cm³/mol. The minimum atomic E-state index is -0.299. The first-order chi connectivity index (χ1) is 4.16. The number of nitrogens with zero attached hydrogens (tertiary/aromatic N) is 1. The summed E-state index contributed by atoms with van der Waals surface area (Å²) in [6.07, 6.45) is 0.331. The van der Waals surface area contributed by atoms with E-state index in [2.05, 4.69) is 20.9 Å². The quantitative estimate of drug-likeness (QED) is 0.355. The molecule has 52 valence electrons. The molecule has 0 radical (unpaired) electrons. The Balaban J connectivity index is 3.63. The zero-order chi connectivity index (χ0) is 7.28. The number of hydrogen-bond acceptors (Lipinski definition) is 1. The van der Waals surface area contributed by atoms with Crippen LogP contribution in [0, 0.1) is 0 Å². The van der Waals surface area contributed by atoms with Crippen molar-refractivity contribution in [3.8, 4) is 0 Å². The van der Waals surface area contributed by atoms with Crippen LogP contribution in [-0.2, 0) is 4.79 Å². The summed E-state index contributed by atoms with van der Waals surface area (Å²) in [5.41, 5.74) is 9.83. The molecule has 0 aliphatic rings. The Bertz CT molecular complexity index is 130. The minimum absolute atomic E-state index is 0.180. The van der Waals surface area contributed by atoms with Crippen LogP contribution in [0.15, 0.2) is 4.99 Å². The third-order valence-corrected chi connectivity index (χ3v) is 0.959. The molecule has 0 aromatic heterocycles. The van der Waals surface area contributed by atoms with Gasteiger partial charge in [0.25, 0.3) is 0 Å². The van der Waals surface area contributed by atoms with Gasteiger partial charge in [-0.15, -0.1) is 0 Å². The van der Waals surface area contributed by atoms with Crippen LogP contribution in [0.3, 0.4) is 0 Å². The van der Waals surface area contributed by atoms with Gasteiger partial charge in [-0.05, 0) is 0 Å². The number of carbonyl (C=O) groups is 1. The normalized spacial score (nSPS) is 8.56. The molecule has 4 nitrogen and oxygen atoms in total. The third-order valence-electron chi connectivity index (χ3n) is 0.562. The van der Waals surface area contributed by atoms with Gasteiger partial charge in [-0.25, -0.2) is 0 Å². The maximum atomic E-state index is 10.5. The molecule has 0 aromatic rings. The Hall–Kier alpha value is -0.580. The SMILES string of the molecule is NC(N)=NC(=O)CCBr. The van der Waals surface area contributed by atoms with Gasteiger partial charge in [0.15, 0.2) is 5.96 Å². The molecule has 0 aromatic carbocycles. The van der Waals surface area contributed by atoms with Gasteiger partial charge in [0, 0.05) is 11.8 Å². The maximum Gasteiger partial charge on any atom is 0.249 e. The number of hydrogen-bond donors (Lipinski definition) is 2. The maximum absolute atomic E-state index is 10.5. The van der Waals surface area contributed by atoms with Gasteiger partial charge >= 0.3 is 0 Å². The summed E-state index contributed by atoms with van der Waals surface area (Å²) in [4.78, 5) is 13.7. The van der Waals surface area contributed by atoms with E-state index in [1.165, 1.54) is 0 Å². The van der Waals surface area contributed by atoms with E-state index in [1.807, 2.05) is 0 Å². The second-order valence-electron chi connectivity index (χ2n) is 1.37. The molecule has 1 amide bonds. The zero-order valence-electron chi connectivity index (χ0n) is 4.80. The Morgan fingerprint density at radius 2 is 2.11 bits per heavy atom. The van der Waals surface area contributed by atoms with Gasteiger partial charge in [-0.2, -0.15) is 4.99 Å². The Morgan fingerprint density at radius 1 is 1.56 bits per heavy atom. The molecule has 0 saturated heterocycles. The standard InChI is InChI=1S/C4H8BrN3O/c5-2-1-3(9)8-4(6)7/h1-2H2,(H4,6,7,8,9). The van der Waals surface area contributed by atoms with E-state index in [4.69, 9.17) is 11.5 Å². The average Bonchev–Trinajstić information content (AvgIpc) is 1.63. The van der Waals surface area contributed by atoms with E-state index in [1.54, 1.807) is 0 Å². The molecule has 0 aliphatic carbocycles. The fraction of sp³-hybridized carbons (Fsp3) is 0.500. The Kier molecular flexibility index (Phi) is 4.04. The molecule has 0 bridgehead atoms. The second-order valence-corrected chi connectivity index (χ2v) is 2.16. The van der Waals surface area contributed by atoms with Crippen molar-refractivity contribution in [1.82, 2.24) is 0 Å². The Labute approximate surface area is 61.4 Å². The van der Waals surface area contributed by atoms with E-state index in [0.29, 0.717) is 11.8 Å². The molecule has 0 spiro atoms. The molecular formula is C4H8BrN3O. The van der Waals surface area contributed by atoms with E-state index >= 15 is 0 Å². The van der Waals surface area contributed by atoms with Gasteiger partial charge in [-0.1, -0.05) is 15.9 Å². The number of aliphatic imine (C=N–C) groups is 1. The van der Waals surface area contributed by atoms with Crippen LogP contribution in [0.25, 0.3) is 0 Å². The van der Waals surface area contributed by atoms with Crippen LogP contribution in [0.4, 0.5) is 0 Å². The van der Waals surface area contributed by atoms with E-state index in [0.717, 1.165) is 0 Å². The summed E-state index contributed by atoms with van der Waals surface area (Å²) in [7, 11) is 0. The highest BCUT2D eigenvalue weighted by Gasteiger charge is 1.95. The molecule has 0 fully saturated rings. The summed E-state index contributed by atoms with van der Waals surface area (Å²) in [5, 5.41) is 0.586. The molecule has 4 N–H and O–H groups in total. The minimum Gasteiger partial charge on any atom is -0.370 e. The first kappa shape index (κ1) is 8.42. The zero-order valence-corrected chi connectivity index (χ0v) is 6.39. The fourth-order valence-electron chi connectivity index (χ4n) is 0.281. The topological polar surface area (TPSA) is 81.5 Å². The molecule has 0 rings (SSSR count). The lowest BCUT2D eigenvalue weighted by molar-refractivity contribution is -0.117. The van der Waals surface area contributed by atoms with E-state index in [-0.39, 0.29) is 11.9 Å². The van der Waals surface area contributed by atoms with Crippen molar-refractivity contribution in [3.05, 3.63) is 0 Å². The van der Waals surface area contributed by atoms with Gasteiger partial charge in [-0.3, -0.25) is 4.79 Å².